The van der Waals surface area contributed by atoms with Crippen LogP contribution in [-0.2, 0) is 28.3 Å². The number of hydrogen-bond acceptors (Lipinski definition) is 3. The van der Waals surface area contributed by atoms with E-state index < -0.39 is 11.9 Å². The van der Waals surface area contributed by atoms with Crippen molar-refractivity contribution in [2.24, 2.45) is 0 Å². The zero-order chi connectivity index (χ0) is 25.8. The topological polar surface area (TPSA) is 49.4 Å². The van der Waals surface area contributed by atoms with E-state index in [1.807, 2.05) is 37.3 Å². The minimum atomic E-state index is -0.789. The highest BCUT2D eigenvalue weighted by Crippen LogP contribution is 2.20. The predicted octanol–water partition coefficient (Wildman–Crippen LogP) is 5.75. The van der Waals surface area contributed by atoms with Gasteiger partial charge >= 0.3 is 0 Å². The van der Waals surface area contributed by atoms with Crippen LogP contribution in [0.15, 0.2) is 78.9 Å². The second-order valence-electron chi connectivity index (χ2n) is 8.58. The summed E-state index contributed by atoms with van der Waals surface area (Å²) in [6.07, 6.45) is 2.09. The molecule has 0 aromatic heterocycles. The lowest BCUT2D eigenvalue weighted by atomic mass is 10.0. The van der Waals surface area contributed by atoms with Crippen molar-refractivity contribution in [3.63, 3.8) is 0 Å². The summed E-state index contributed by atoms with van der Waals surface area (Å²) in [5.41, 5.74) is 2.17. The summed E-state index contributed by atoms with van der Waals surface area (Å²) >= 11 is 1.38. The van der Waals surface area contributed by atoms with Crippen molar-refractivity contribution in [2.75, 3.05) is 12.3 Å². The molecule has 1 atom stereocenters. The van der Waals surface area contributed by atoms with Gasteiger partial charge in [-0.2, -0.15) is 0 Å². The molecule has 0 saturated carbocycles. The van der Waals surface area contributed by atoms with Crippen LogP contribution < -0.4 is 5.32 Å². The number of unbranched alkanes of at least 4 members (excludes halogenated alkanes) is 1. The number of carbonyl (C=O) groups excluding carboxylic acids is 2. The predicted molar refractivity (Wildman–Crippen MR) is 141 cm³/mol. The van der Waals surface area contributed by atoms with Crippen LogP contribution in [0, 0.1) is 11.6 Å². The van der Waals surface area contributed by atoms with Gasteiger partial charge in [0.15, 0.2) is 0 Å². The minimum Gasteiger partial charge on any atom is -0.354 e. The van der Waals surface area contributed by atoms with Crippen molar-refractivity contribution in [3.8, 4) is 0 Å². The van der Waals surface area contributed by atoms with Crippen LogP contribution in [-0.4, -0.2) is 35.1 Å². The molecule has 190 valence electrons. The largest absolute Gasteiger partial charge is 0.354 e. The molecule has 3 aromatic rings. The molecule has 2 amide bonds. The maximum atomic E-state index is 14.6. The Bertz CT molecular complexity index is 1110. The molecular weight excluding hydrogens is 478 g/mol. The highest BCUT2D eigenvalue weighted by Gasteiger charge is 2.30. The van der Waals surface area contributed by atoms with Crippen LogP contribution in [0.5, 0.6) is 0 Å². The summed E-state index contributed by atoms with van der Waals surface area (Å²) in [6, 6.07) is 21.2. The van der Waals surface area contributed by atoms with Crippen LogP contribution in [0.3, 0.4) is 0 Å². The van der Waals surface area contributed by atoms with Crippen LogP contribution in [0.2, 0.25) is 0 Å². The maximum Gasteiger partial charge on any atom is 0.243 e. The SMILES string of the molecule is CCCCNC(=O)C(Cc1ccccc1)N(Cc1ccccc1F)C(=O)CSCc1ccc(F)cc1. The van der Waals surface area contributed by atoms with Gasteiger partial charge in [-0.1, -0.05) is 74.0 Å². The molecule has 0 saturated heterocycles. The number of nitrogens with zero attached hydrogens (tertiary/aromatic N) is 1. The van der Waals surface area contributed by atoms with Crippen molar-refractivity contribution in [1.82, 2.24) is 10.2 Å². The number of amides is 2. The van der Waals surface area contributed by atoms with Crippen LogP contribution >= 0.6 is 11.8 Å². The highest BCUT2D eigenvalue weighted by atomic mass is 32.2. The summed E-state index contributed by atoms with van der Waals surface area (Å²) in [4.78, 5) is 28.3. The first-order valence-electron chi connectivity index (χ1n) is 12.1. The van der Waals surface area contributed by atoms with Crippen LogP contribution in [0.4, 0.5) is 8.78 Å². The molecule has 3 rings (SSSR count). The number of carbonyl (C=O) groups is 2. The zero-order valence-corrected chi connectivity index (χ0v) is 21.3. The fourth-order valence-electron chi connectivity index (χ4n) is 3.79. The van der Waals surface area contributed by atoms with Crippen LogP contribution in [0.1, 0.15) is 36.5 Å². The highest BCUT2D eigenvalue weighted by molar-refractivity contribution is 7.99. The Labute approximate surface area is 216 Å². The zero-order valence-electron chi connectivity index (χ0n) is 20.5. The first-order chi connectivity index (χ1) is 17.5. The lowest BCUT2D eigenvalue weighted by Gasteiger charge is -2.31. The minimum absolute atomic E-state index is 0.0126. The van der Waals surface area contributed by atoms with Gasteiger partial charge in [0.1, 0.15) is 17.7 Å². The Morgan fingerprint density at radius 2 is 1.61 bits per heavy atom. The van der Waals surface area contributed by atoms with E-state index in [2.05, 4.69) is 5.32 Å². The maximum absolute atomic E-state index is 14.6. The molecule has 1 N–H and O–H groups in total. The first-order valence-corrected chi connectivity index (χ1v) is 13.3. The Hall–Kier alpha value is -3.19. The number of hydrogen-bond donors (Lipinski definition) is 1. The van der Waals surface area contributed by atoms with Gasteiger partial charge < -0.3 is 10.2 Å². The van der Waals surface area contributed by atoms with E-state index in [-0.39, 0.29) is 29.9 Å². The van der Waals surface area contributed by atoms with Gasteiger partial charge in [-0.25, -0.2) is 8.78 Å². The number of benzene rings is 3. The standard InChI is InChI=1S/C29H32F2N2O2S/c1-2-3-17-32-29(35)27(18-22-9-5-4-6-10-22)33(19-24-11-7-8-12-26(24)31)28(34)21-36-20-23-13-15-25(30)16-14-23/h4-16,27H,2-3,17-21H2,1H3,(H,32,35). The van der Waals surface area contributed by atoms with Crippen molar-refractivity contribution >= 4 is 23.6 Å². The number of rotatable bonds is 13. The third kappa shape index (κ3) is 8.48. The molecule has 0 radical (unpaired) electrons. The monoisotopic (exact) mass is 510 g/mol. The number of halogens is 2. The van der Waals surface area contributed by atoms with Gasteiger partial charge in [0, 0.05) is 30.8 Å². The van der Waals surface area contributed by atoms with Gasteiger partial charge in [-0.15, -0.1) is 11.8 Å². The quantitative estimate of drug-likeness (QED) is 0.298. The molecule has 1 unspecified atom stereocenters. The normalized spacial score (nSPS) is 11.6. The number of nitrogens with one attached hydrogen (secondary N) is 1. The molecule has 3 aromatic carbocycles. The molecule has 7 heteroatoms. The van der Waals surface area contributed by atoms with Gasteiger partial charge in [0.05, 0.1) is 5.75 Å². The van der Waals surface area contributed by atoms with E-state index in [0.29, 0.717) is 24.3 Å². The Morgan fingerprint density at radius 1 is 0.917 bits per heavy atom. The van der Waals surface area contributed by atoms with Gasteiger partial charge in [0.2, 0.25) is 11.8 Å². The van der Waals surface area contributed by atoms with E-state index in [1.165, 1.54) is 34.9 Å². The molecule has 0 aliphatic rings. The fraction of sp³-hybridized carbons (Fsp3) is 0.310. The summed E-state index contributed by atoms with van der Waals surface area (Å²) < 4.78 is 27.8. The second-order valence-corrected chi connectivity index (χ2v) is 9.57. The van der Waals surface area contributed by atoms with Crippen molar-refractivity contribution in [2.45, 2.75) is 44.5 Å². The third-order valence-corrected chi connectivity index (χ3v) is 6.80. The second kappa shape index (κ2) is 14.4. The molecular formula is C29H32F2N2O2S. The fourth-order valence-corrected chi connectivity index (χ4v) is 4.66. The van der Waals surface area contributed by atoms with Gasteiger partial charge in [-0.05, 0) is 35.7 Å². The van der Waals surface area contributed by atoms with E-state index in [1.54, 1.807) is 30.3 Å². The summed E-state index contributed by atoms with van der Waals surface area (Å²) in [7, 11) is 0. The first kappa shape index (κ1) is 27.4. The van der Waals surface area contributed by atoms with E-state index >= 15 is 0 Å². The van der Waals surface area contributed by atoms with Crippen molar-refractivity contribution < 1.29 is 18.4 Å². The molecule has 0 heterocycles. The molecule has 0 bridgehead atoms. The van der Waals surface area contributed by atoms with E-state index in [9.17, 15) is 18.4 Å². The Kier molecular flexibility index (Phi) is 11.0. The van der Waals surface area contributed by atoms with Gasteiger partial charge in [0.25, 0.3) is 0 Å². The lowest BCUT2D eigenvalue weighted by molar-refractivity contribution is -0.139. The lowest BCUT2D eigenvalue weighted by Crippen LogP contribution is -2.51. The molecule has 36 heavy (non-hydrogen) atoms. The molecule has 0 aliphatic heterocycles. The molecule has 0 aliphatic carbocycles. The molecule has 0 fully saturated rings. The summed E-state index contributed by atoms with van der Waals surface area (Å²) in [5, 5.41) is 2.96. The molecule has 0 spiro atoms. The van der Waals surface area contributed by atoms with E-state index in [0.717, 1.165) is 24.0 Å². The van der Waals surface area contributed by atoms with Crippen LogP contribution in [0.25, 0.3) is 0 Å². The average Bonchev–Trinajstić information content (AvgIpc) is 2.89. The third-order valence-electron chi connectivity index (χ3n) is 5.81. The van der Waals surface area contributed by atoms with Crippen molar-refractivity contribution in [1.29, 1.82) is 0 Å². The van der Waals surface area contributed by atoms with E-state index in [4.69, 9.17) is 0 Å². The smallest absolute Gasteiger partial charge is 0.243 e. The molecule has 4 nitrogen and oxygen atoms in total. The summed E-state index contributed by atoms with van der Waals surface area (Å²) in [5.74, 6) is -0.601. The van der Waals surface area contributed by atoms with Gasteiger partial charge in [-0.3, -0.25) is 9.59 Å². The Morgan fingerprint density at radius 3 is 2.31 bits per heavy atom. The average molecular weight is 511 g/mol. The van der Waals surface area contributed by atoms with Crippen molar-refractivity contribution in [3.05, 3.63) is 107 Å². The number of thioether (sulfide) groups is 1. The summed E-state index contributed by atoms with van der Waals surface area (Å²) in [6.45, 7) is 2.54. The Balaban J connectivity index is 1.83.